The molecule has 1 aromatic carbocycles. The van der Waals surface area contributed by atoms with Crippen LogP contribution in [0.25, 0.3) is 10.6 Å². The summed E-state index contributed by atoms with van der Waals surface area (Å²) in [5.74, 6) is 0.791. The van der Waals surface area contributed by atoms with Crippen LogP contribution < -0.4 is 15.8 Å². The Bertz CT molecular complexity index is 620. The topological polar surface area (TPSA) is 77.2 Å². The normalized spacial score (nSPS) is 11.0. The van der Waals surface area contributed by atoms with Crippen molar-refractivity contribution in [3.63, 3.8) is 0 Å². The van der Waals surface area contributed by atoms with Gasteiger partial charge in [0.05, 0.1) is 18.7 Å². The zero-order valence-electron chi connectivity index (χ0n) is 13.7. The fourth-order valence-corrected chi connectivity index (χ4v) is 2.76. The minimum Gasteiger partial charge on any atom is -0.494 e. The van der Waals surface area contributed by atoms with E-state index < -0.39 is 0 Å². The Morgan fingerprint density at radius 1 is 1.33 bits per heavy atom. The summed E-state index contributed by atoms with van der Waals surface area (Å²) in [6.07, 6.45) is 0.276. The van der Waals surface area contributed by atoms with E-state index >= 15 is 0 Å². The number of halogens is 2. The monoisotopic (exact) mass is 391 g/mol. The number of thiazole rings is 1. The number of hydrogen-bond acceptors (Lipinski definition) is 5. The summed E-state index contributed by atoms with van der Waals surface area (Å²) >= 11 is 1.53. The van der Waals surface area contributed by atoms with Gasteiger partial charge >= 0.3 is 0 Å². The molecule has 5 nitrogen and oxygen atoms in total. The second-order valence-corrected chi connectivity index (χ2v) is 5.84. The van der Waals surface area contributed by atoms with Gasteiger partial charge in [0.1, 0.15) is 10.8 Å². The van der Waals surface area contributed by atoms with E-state index in [2.05, 4.69) is 10.3 Å². The molecule has 2 aromatic rings. The molecule has 0 spiro atoms. The number of ether oxygens (including phenoxy) is 1. The van der Waals surface area contributed by atoms with Gasteiger partial charge in [0.15, 0.2) is 0 Å². The highest BCUT2D eigenvalue weighted by molar-refractivity contribution is 7.13. The summed E-state index contributed by atoms with van der Waals surface area (Å²) in [6.45, 7) is 4.92. The first-order chi connectivity index (χ1) is 10.6. The average molecular weight is 392 g/mol. The molecular weight excluding hydrogens is 369 g/mol. The Hall–Kier alpha value is -1.34. The first kappa shape index (κ1) is 22.7. The molecule has 0 saturated carbocycles. The number of aromatic nitrogens is 1. The number of carbonyl (C=O) groups is 1. The SMILES string of the molecule is CCOc1ccc(-c2nc(CC(=O)N[C@@H](C)CN)cs2)cc1.Cl.Cl. The molecule has 8 heteroatoms. The predicted octanol–water partition coefficient (Wildman–Crippen LogP) is 3.06. The summed E-state index contributed by atoms with van der Waals surface area (Å²) in [6, 6.07) is 7.79. The predicted molar refractivity (Wildman–Crippen MR) is 104 cm³/mol. The Kier molecular flexibility index (Phi) is 10.6. The van der Waals surface area contributed by atoms with Gasteiger partial charge < -0.3 is 15.8 Å². The lowest BCUT2D eigenvalue weighted by Crippen LogP contribution is -2.38. The molecule has 0 aliphatic heterocycles. The molecule has 0 saturated heterocycles. The van der Waals surface area contributed by atoms with Gasteiger partial charge in [-0.15, -0.1) is 36.2 Å². The van der Waals surface area contributed by atoms with Crippen molar-refractivity contribution >= 4 is 42.1 Å². The van der Waals surface area contributed by atoms with Crippen LogP contribution >= 0.6 is 36.2 Å². The highest BCUT2D eigenvalue weighted by Gasteiger charge is 2.10. The van der Waals surface area contributed by atoms with E-state index in [-0.39, 0.29) is 43.2 Å². The van der Waals surface area contributed by atoms with E-state index in [0.29, 0.717) is 13.2 Å². The molecule has 0 unspecified atom stereocenters. The number of nitrogens with two attached hydrogens (primary N) is 1. The molecule has 0 bridgehead atoms. The van der Waals surface area contributed by atoms with Gasteiger partial charge in [-0.3, -0.25) is 4.79 Å². The Morgan fingerprint density at radius 2 is 2.00 bits per heavy atom. The standard InChI is InChI=1S/C16H21N3O2S.2ClH/c1-3-21-14-6-4-12(5-7-14)16-19-13(10-22-16)8-15(20)18-11(2)9-17;;/h4-7,10-11H,3,8-9,17H2,1-2H3,(H,18,20);2*1H/t11-;;/m0../s1. The molecule has 0 aliphatic rings. The van der Waals surface area contributed by atoms with Crippen LogP contribution in [0.15, 0.2) is 29.6 Å². The van der Waals surface area contributed by atoms with Gasteiger partial charge in [0.2, 0.25) is 5.91 Å². The number of rotatable bonds is 7. The fraction of sp³-hybridized carbons (Fsp3) is 0.375. The lowest BCUT2D eigenvalue weighted by Gasteiger charge is -2.09. The summed E-state index contributed by atoms with van der Waals surface area (Å²) in [5.41, 5.74) is 7.29. The van der Waals surface area contributed by atoms with E-state index in [1.54, 1.807) is 0 Å². The summed E-state index contributed by atoms with van der Waals surface area (Å²) in [4.78, 5) is 16.3. The van der Waals surface area contributed by atoms with E-state index in [1.807, 2.05) is 43.5 Å². The number of hydrogen-bond donors (Lipinski definition) is 2. The molecule has 1 heterocycles. The third-order valence-corrected chi connectivity index (χ3v) is 4.01. The smallest absolute Gasteiger partial charge is 0.226 e. The Labute approximate surface area is 158 Å². The van der Waals surface area contributed by atoms with Crippen molar-refractivity contribution in [2.45, 2.75) is 26.3 Å². The molecule has 1 amide bonds. The molecule has 0 fully saturated rings. The zero-order valence-corrected chi connectivity index (χ0v) is 16.1. The number of nitrogens with one attached hydrogen (secondary N) is 1. The molecule has 1 atom stereocenters. The fourth-order valence-electron chi connectivity index (χ4n) is 1.93. The third-order valence-electron chi connectivity index (χ3n) is 3.07. The number of nitrogens with zero attached hydrogens (tertiary/aromatic N) is 1. The van der Waals surface area contributed by atoms with Crippen molar-refractivity contribution in [2.24, 2.45) is 5.73 Å². The molecule has 24 heavy (non-hydrogen) atoms. The molecule has 3 N–H and O–H groups in total. The number of amides is 1. The van der Waals surface area contributed by atoms with Crippen molar-refractivity contribution < 1.29 is 9.53 Å². The first-order valence-electron chi connectivity index (χ1n) is 7.29. The van der Waals surface area contributed by atoms with E-state index in [0.717, 1.165) is 22.0 Å². The lowest BCUT2D eigenvalue weighted by molar-refractivity contribution is -0.121. The largest absolute Gasteiger partial charge is 0.494 e. The van der Waals surface area contributed by atoms with Gasteiger partial charge in [-0.25, -0.2) is 4.98 Å². The lowest BCUT2D eigenvalue weighted by atomic mass is 10.2. The average Bonchev–Trinajstić information content (AvgIpc) is 2.96. The van der Waals surface area contributed by atoms with E-state index in [1.165, 1.54) is 11.3 Å². The summed E-state index contributed by atoms with van der Waals surface area (Å²) < 4.78 is 5.42. The van der Waals surface area contributed by atoms with Crippen molar-refractivity contribution in [2.75, 3.05) is 13.2 Å². The zero-order chi connectivity index (χ0) is 15.9. The van der Waals surface area contributed by atoms with Crippen LogP contribution in [0.4, 0.5) is 0 Å². The number of carbonyl (C=O) groups excluding carboxylic acids is 1. The highest BCUT2D eigenvalue weighted by atomic mass is 35.5. The molecule has 2 rings (SSSR count). The second-order valence-electron chi connectivity index (χ2n) is 4.98. The maximum absolute atomic E-state index is 11.8. The van der Waals surface area contributed by atoms with Crippen LogP contribution in [0.3, 0.4) is 0 Å². The molecule has 1 aromatic heterocycles. The maximum atomic E-state index is 11.8. The van der Waals surface area contributed by atoms with Gasteiger partial charge in [-0.1, -0.05) is 0 Å². The molecule has 0 radical (unpaired) electrons. The molecule has 0 aliphatic carbocycles. The van der Waals surface area contributed by atoms with Crippen LogP contribution in [0, 0.1) is 0 Å². The van der Waals surface area contributed by atoms with Crippen LogP contribution in [-0.4, -0.2) is 30.1 Å². The van der Waals surface area contributed by atoms with Crippen LogP contribution in [0.5, 0.6) is 5.75 Å². The minimum atomic E-state index is -0.0542. The quantitative estimate of drug-likeness (QED) is 0.759. The first-order valence-corrected chi connectivity index (χ1v) is 8.17. The summed E-state index contributed by atoms with van der Waals surface area (Å²) in [7, 11) is 0. The van der Waals surface area contributed by atoms with Crippen molar-refractivity contribution in [3.8, 4) is 16.3 Å². The maximum Gasteiger partial charge on any atom is 0.226 e. The van der Waals surface area contributed by atoms with Crippen molar-refractivity contribution in [3.05, 3.63) is 35.3 Å². The van der Waals surface area contributed by atoms with Crippen molar-refractivity contribution in [1.82, 2.24) is 10.3 Å². The van der Waals surface area contributed by atoms with Gasteiger partial charge in [-0.2, -0.15) is 0 Å². The molecule has 134 valence electrons. The Morgan fingerprint density at radius 3 is 2.58 bits per heavy atom. The van der Waals surface area contributed by atoms with Gasteiger partial charge in [0, 0.05) is 23.5 Å². The minimum absolute atomic E-state index is 0. The van der Waals surface area contributed by atoms with Crippen LogP contribution in [0.1, 0.15) is 19.5 Å². The van der Waals surface area contributed by atoms with E-state index in [9.17, 15) is 4.79 Å². The van der Waals surface area contributed by atoms with E-state index in [4.69, 9.17) is 10.5 Å². The molecular formula is C16H23Cl2N3O2S. The summed E-state index contributed by atoms with van der Waals surface area (Å²) in [5, 5.41) is 5.65. The third kappa shape index (κ3) is 6.65. The van der Waals surface area contributed by atoms with Crippen LogP contribution in [0.2, 0.25) is 0 Å². The highest BCUT2D eigenvalue weighted by Crippen LogP contribution is 2.25. The number of benzene rings is 1. The second kappa shape index (κ2) is 11.3. The Balaban J connectivity index is 0.00000264. The van der Waals surface area contributed by atoms with Crippen LogP contribution in [-0.2, 0) is 11.2 Å². The van der Waals surface area contributed by atoms with Crippen molar-refractivity contribution in [1.29, 1.82) is 0 Å². The van der Waals surface area contributed by atoms with Gasteiger partial charge in [-0.05, 0) is 38.1 Å². The van der Waals surface area contributed by atoms with Gasteiger partial charge in [0.25, 0.3) is 0 Å².